The highest BCUT2D eigenvalue weighted by atomic mass is 16.7. The number of H-pyrrole nitrogens is 1. The molecule has 146 valence electrons. The van der Waals surface area contributed by atoms with E-state index in [1.807, 2.05) is 0 Å². The number of hydrogen-bond acceptors (Lipinski definition) is 4. The van der Waals surface area contributed by atoms with E-state index in [1.54, 1.807) is 42.5 Å². The van der Waals surface area contributed by atoms with Gasteiger partial charge < -0.3 is 24.3 Å². The number of hydrogen-bond donors (Lipinski definition) is 1. The molecule has 3 aliphatic rings. The second-order valence-corrected chi connectivity index (χ2v) is 7.20. The van der Waals surface area contributed by atoms with Gasteiger partial charge in [-0.3, -0.25) is 9.59 Å². The number of carbonyl (C=O) groups excluding carboxylic acids is 2. The summed E-state index contributed by atoms with van der Waals surface area (Å²) in [5.41, 5.74) is 0.910. The number of carbonyl (C=O) groups is 2. The van der Waals surface area contributed by atoms with Crippen molar-refractivity contribution in [2.75, 3.05) is 20.4 Å². The van der Waals surface area contributed by atoms with E-state index in [9.17, 15) is 12.3 Å². The molecule has 7 heteroatoms. The predicted molar refractivity (Wildman–Crippen MR) is 105 cm³/mol. The third-order valence-corrected chi connectivity index (χ3v) is 5.45. The maximum absolute atomic E-state index is 13.4. The minimum absolute atomic E-state index is 0.0122. The van der Waals surface area contributed by atoms with Gasteiger partial charge in [0, 0.05) is 32.8 Å². The fraction of sp³-hybridized carbons (Fsp3) is 0.273. The van der Waals surface area contributed by atoms with Crippen molar-refractivity contribution in [2.24, 2.45) is 0 Å². The van der Waals surface area contributed by atoms with Gasteiger partial charge in [-0.05, 0) is 29.3 Å². The minimum atomic E-state index is -2.70. The average molecular weight is 393 g/mol. The van der Waals surface area contributed by atoms with Crippen LogP contribution in [-0.4, -0.2) is 53.0 Å². The van der Waals surface area contributed by atoms with E-state index in [-0.39, 0.29) is 30.2 Å². The molecule has 1 aromatic heterocycles. The zero-order chi connectivity index (χ0) is 23.3. The van der Waals surface area contributed by atoms with Gasteiger partial charge in [0.25, 0.3) is 0 Å². The lowest BCUT2D eigenvalue weighted by Gasteiger charge is -2.46. The summed E-state index contributed by atoms with van der Waals surface area (Å²) >= 11 is 0. The van der Waals surface area contributed by atoms with Crippen LogP contribution in [0, 0.1) is 0 Å². The molecule has 2 aromatic carbocycles. The molecule has 6 rings (SSSR count). The fourth-order valence-corrected chi connectivity index (χ4v) is 4.09. The fourth-order valence-electron chi connectivity index (χ4n) is 4.09. The third-order valence-electron chi connectivity index (χ3n) is 5.45. The largest absolute Gasteiger partial charge is 0.454 e. The number of likely N-dealkylation sites (N-methyl/N-ethyl adjacent to an activating group) is 1. The van der Waals surface area contributed by atoms with E-state index >= 15 is 0 Å². The van der Waals surface area contributed by atoms with Crippen molar-refractivity contribution in [1.29, 1.82) is 0 Å². The standard InChI is InChI=1S/C22H19N3O4/c1-24-10-19(26)25-16(22(24)27)9-14-13-4-2-3-5-15(13)23-20(14)21(25)12-6-7-17-18(8-12)29-11-28-17/h2-8,16,21,23H,9-11H2,1H3/t16-,21-/m1/s1/i9D2,16D,21D. The Labute approximate surface area is 172 Å². The molecule has 1 fully saturated rings. The highest BCUT2D eigenvalue weighted by Crippen LogP contribution is 2.44. The predicted octanol–water partition coefficient (Wildman–Crippen LogP) is 2.21. The van der Waals surface area contributed by atoms with E-state index in [0.29, 0.717) is 22.4 Å². The lowest BCUT2D eigenvalue weighted by molar-refractivity contribution is -0.157. The number of fused-ring (bicyclic) bond motifs is 5. The van der Waals surface area contributed by atoms with Crippen LogP contribution in [0.15, 0.2) is 42.5 Å². The molecule has 0 bridgehead atoms. The van der Waals surface area contributed by atoms with Crippen LogP contribution in [0.25, 0.3) is 10.9 Å². The van der Waals surface area contributed by atoms with Gasteiger partial charge in [-0.1, -0.05) is 24.3 Å². The van der Waals surface area contributed by atoms with E-state index < -0.39 is 30.2 Å². The highest BCUT2D eigenvalue weighted by Gasteiger charge is 2.47. The minimum Gasteiger partial charge on any atom is -0.454 e. The normalized spacial score (nSPS) is 31.6. The number of aromatic nitrogens is 1. The van der Waals surface area contributed by atoms with Crippen LogP contribution >= 0.6 is 0 Å². The zero-order valence-corrected chi connectivity index (χ0v) is 15.5. The van der Waals surface area contributed by atoms with Gasteiger partial charge in [0.15, 0.2) is 11.5 Å². The summed E-state index contributed by atoms with van der Waals surface area (Å²) in [4.78, 5) is 31.7. The molecule has 3 aromatic rings. The SMILES string of the molecule is [2H]C1([2H])c2c([nH]c3ccccc23)[C@@]([2H])(c2ccc3c(c2)OCO3)N2C(=O)CN(C)C(=O)[C@]21[2H]. The van der Waals surface area contributed by atoms with E-state index in [2.05, 4.69) is 4.98 Å². The molecule has 0 aliphatic carbocycles. The summed E-state index contributed by atoms with van der Waals surface area (Å²) in [7, 11) is 1.36. The third kappa shape index (κ3) is 2.24. The van der Waals surface area contributed by atoms with Gasteiger partial charge >= 0.3 is 0 Å². The molecule has 2 amide bonds. The van der Waals surface area contributed by atoms with Crippen LogP contribution in [0.3, 0.4) is 0 Å². The highest BCUT2D eigenvalue weighted by molar-refractivity contribution is 5.97. The Morgan fingerprint density at radius 2 is 2.00 bits per heavy atom. The van der Waals surface area contributed by atoms with Crippen molar-refractivity contribution >= 4 is 22.7 Å². The van der Waals surface area contributed by atoms with Gasteiger partial charge in [0.05, 0.1) is 15.3 Å². The van der Waals surface area contributed by atoms with Crippen molar-refractivity contribution in [3.8, 4) is 11.5 Å². The second kappa shape index (κ2) is 5.76. The molecule has 4 heterocycles. The summed E-state index contributed by atoms with van der Waals surface area (Å²) in [6.07, 6.45) is -2.61. The first kappa shape index (κ1) is 12.9. The van der Waals surface area contributed by atoms with Gasteiger partial charge in [-0.2, -0.15) is 0 Å². The first-order valence-electron chi connectivity index (χ1n) is 11.2. The molecule has 1 N–H and O–H groups in total. The monoisotopic (exact) mass is 393 g/mol. The molecular formula is C22H19N3O4. The second-order valence-electron chi connectivity index (χ2n) is 7.20. The molecule has 0 spiro atoms. The Morgan fingerprint density at radius 1 is 1.17 bits per heavy atom. The first-order chi connectivity index (χ1) is 15.6. The lowest BCUT2D eigenvalue weighted by Crippen LogP contribution is -2.62. The number of piperazine rings is 1. The van der Waals surface area contributed by atoms with Crippen LogP contribution in [-0.2, 0) is 16.0 Å². The maximum atomic E-state index is 13.4. The number of rotatable bonds is 1. The van der Waals surface area contributed by atoms with Crippen LogP contribution in [0.5, 0.6) is 11.5 Å². The van der Waals surface area contributed by atoms with Crippen molar-refractivity contribution in [1.82, 2.24) is 14.8 Å². The van der Waals surface area contributed by atoms with Gasteiger partial charge in [0.1, 0.15) is 6.02 Å². The van der Waals surface area contributed by atoms with Gasteiger partial charge in [-0.25, -0.2) is 0 Å². The molecule has 2 atom stereocenters. The topological polar surface area (TPSA) is 74.9 Å². The Balaban J connectivity index is 1.75. The number of amides is 2. The van der Waals surface area contributed by atoms with Crippen LogP contribution < -0.4 is 9.47 Å². The lowest BCUT2D eigenvalue weighted by atomic mass is 9.86. The Kier molecular flexibility index (Phi) is 2.56. The van der Waals surface area contributed by atoms with Crippen LogP contribution in [0.4, 0.5) is 0 Å². The number of benzene rings is 2. The number of aromatic amines is 1. The van der Waals surface area contributed by atoms with E-state index in [4.69, 9.17) is 12.2 Å². The summed E-state index contributed by atoms with van der Waals surface area (Å²) in [5, 5.41) is 0.453. The van der Waals surface area contributed by atoms with Gasteiger partial charge in [-0.15, -0.1) is 0 Å². The zero-order valence-electron chi connectivity index (χ0n) is 19.5. The van der Waals surface area contributed by atoms with E-state index in [1.165, 1.54) is 7.05 Å². The number of nitrogens with one attached hydrogen (secondary N) is 1. The molecule has 1 saturated heterocycles. The van der Waals surface area contributed by atoms with Crippen LogP contribution in [0.1, 0.15) is 28.3 Å². The van der Waals surface area contributed by atoms with Crippen molar-refractivity contribution < 1.29 is 24.5 Å². The Bertz CT molecular complexity index is 1370. The summed E-state index contributed by atoms with van der Waals surface area (Å²) in [5.74, 6) is -0.745. The first-order valence-corrected chi connectivity index (χ1v) is 9.22. The quantitative estimate of drug-likeness (QED) is 0.688. The van der Waals surface area contributed by atoms with Crippen LogP contribution in [0.2, 0.25) is 0 Å². The molecule has 0 radical (unpaired) electrons. The van der Waals surface area contributed by atoms with Crippen molar-refractivity contribution in [2.45, 2.75) is 18.4 Å². The molecular weight excluding hydrogens is 370 g/mol. The molecule has 29 heavy (non-hydrogen) atoms. The molecule has 3 aliphatic heterocycles. The summed E-state index contributed by atoms with van der Waals surface area (Å²) in [6.45, 7) is -0.353. The van der Waals surface area contributed by atoms with Crippen molar-refractivity contribution in [3.05, 3.63) is 59.3 Å². The van der Waals surface area contributed by atoms with Gasteiger partial charge in [0.2, 0.25) is 18.6 Å². The molecule has 0 unspecified atom stereocenters. The van der Waals surface area contributed by atoms with E-state index in [0.717, 1.165) is 9.80 Å². The molecule has 7 nitrogen and oxygen atoms in total. The average Bonchev–Trinajstić information content (AvgIpc) is 3.41. The summed E-state index contributed by atoms with van der Waals surface area (Å²) < 4.78 is 47.7. The number of ether oxygens (including phenoxy) is 2. The number of para-hydroxylation sites is 1. The Morgan fingerprint density at radius 3 is 2.90 bits per heavy atom. The Hall–Kier alpha value is -3.48. The molecule has 0 saturated carbocycles. The van der Waals surface area contributed by atoms with Crippen molar-refractivity contribution in [3.63, 3.8) is 0 Å². The smallest absolute Gasteiger partial charge is 0.245 e. The summed E-state index contributed by atoms with van der Waals surface area (Å²) in [6, 6.07) is 6.82. The maximum Gasteiger partial charge on any atom is 0.245 e. The number of nitrogens with zero attached hydrogens (tertiary/aromatic N) is 2.